The van der Waals surface area contributed by atoms with Gasteiger partial charge in [-0.2, -0.15) is 4.31 Å². The Balaban J connectivity index is 2.18. The minimum Gasteiger partial charge on any atom is -0.330 e. The molecule has 0 bridgehead atoms. The van der Waals surface area contributed by atoms with Crippen molar-refractivity contribution in [1.29, 1.82) is 0 Å². The van der Waals surface area contributed by atoms with Crippen molar-refractivity contribution in [3.8, 4) is 0 Å². The number of carbonyl (C=O) groups excluding carboxylic acids is 1. The average Bonchev–Trinajstić information content (AvgIpc) is 2.61. The second kappa shape index (κ2) is 8.09. The van der Waals surface area contributed by atoms with Gasteiger partial charge in [0.25, 0.3) is 0 Å². The molecule has 134 valence electrons. The van der Waals surface area contributed by atoms with Crippen LogP contribution in [-0.4, -0.2) is 38.3 Å². The van der Waals surface area contributed by atoms with Crippen molar-refractivity contribution in [3.05, 3.63) is 24.3 Å². The number of carbonyl (C=O) groups is 1. The van der Waals surface area contributed by atoms with Crippen LogP contribution in [0.25, 0.3) is 0 Å². The first kappa shape index (κ1) is 18.9. The Kier molecular flexibility index (Phi) is 6.37. The Morgan fingerprint density at radius 1 is 1.33 bits per heavy atom. The van der Waals surface area contributed by atoms with Gasteiger partial charge in [0, 0.05) is 31.2 Å². The van der Waals surface area contributed by atoms with Crippen molar-refractivity contribution < 1.29 is 13.2 Å². The molecule has 24 heavy (non-hydrogen) atoms. The summed E-state index contributed by atoms with van der Waals surface area (Å²) in [5, 5.41) is 2.72. The highest BCUT2D eigenvalue weighted by Gasteiger charge is 2.29. The van der Waals surface area contributed by atoms with E-state index in [9.17, 15) is 13.2 Å². The number of amides is 1. The highest BCUT2D eigenvalue weighted by molar-refractivity contribution is 7.89. The number of benzene rings is 1. The fourth-order valence-corrected chi connectivity index (χ4v) is 4.38. The van der Waals surface area contributed by atoms with Crippen LogP contribution in [0.15, 0.2) is 29.2 Å². The summed E-state index contributed by atoms with van der Waals surface area (Å²) in [7, 11) is -1.92. The molecule has 6 nitrogen and oxygen atoms in total. The largest absolute Gasteiger partial charge is 0.330 e. The number of nitrogens with one attached hydrogen (secondary N) is 1. The van der Waals surface area contributed by atoms with E-state index in [1.165, 1.54) is 16.8 Å². The summed E-state index contributed by atoms with van der Waals surface area (Å²) >= 11 is 0. The van der Waals surface area contributed by atoms with Gasteiger partial charge in [-0.05, 0) is 31.0 Å². The number of sulfonamides is 1. The predicted molar refractivity (Wildman–Crippen MR) is 95.1 cm³/mol. The molecule has 0 aromatic heterocycles. The predicted octanol–water partition coefficient (Wildman–Crippen LogP) is 2.17. The van der Waals surface area contributed by atoms with Crippen molar-refractivity contribution >= 4 is 21.6 Å². The molecule has 0 aliphatic heterocycles. The van der Waals surface area contributed by atoms with Gasteiger partial charge in [0.05, 0.1) is 4.90 Å². The fraction of sp³-hybridized carbons (Fsp3) is 0.588. The maximum absolute atomic E-state index is 12.9. The summed E-state index contributed by atoms with van der Waals surface area (Å²) in [6.07, 6.45) is 5.11. The molecule has 0 heterocycles. The summed E-state index contributed by atoms with van der Waals surface area (Å²) in [5.74, 6) is -0.539. The summed E-state index contributed by atoms with van der Waals surface area (Å²) in [6, 6.07) is 6.46. The lowest BCUT2D eigenvalue weighted by Crippen LogP contribution is -2.38. The molecule has 1 aromatic carbocycles. The maximum Gasteiger partial charge on any atom is 0.243 e. The molecule has 1 atom stereocenters. The van der Waals surface area contributed by atoms with Gasteiger partial charge in [0.1, 0.15) is 0 Å². The Bertz CT molecular complexity index is 669. The second-order valence-corrected chi connectivity index (χ2v) is 8.46. The van der Waals surface area contributed by atoms with Crippen LogP contribution in [0.3, 0.4) is 0 Å². The second-order valence-electron chi connectivity index (χ2n) is 6.47. The number of anilines is 1. The SMILES string of the molecule is CC(CN)C(=O)Nc1cccc(S(=O)(=O)N(C)C2CCCCC2)c1. The molecular formula is C17H27N3O3S. The normalized spacial score (nSPS) is 17.7. The van der Waals surface area contributed by atoms with Gasteiger partial charge in [-0.1, -0.05) is 32.3 Å². The lowest BCUT2D eigenvalue weighted by Gasteiger charge is -2.30. The Morgan fingerprint density at radius 2 is 2.00 bits per heavy atom. The maximum atomic E-state index is 12.9. The third-order valence-electron chi connectivity index (χ3n) is 4.67. The molecule has 1 saturated carbocycles. The van der Waals surface area contributed by atoms with Gasteiger partial charge in [0.2, 0.25) is 15.9 Å². The fourth-order valence-electron chi connectivity index (χ4n) is 2.91. The van der Waals surface area contributed by atoms with E-state index in [-0.39, 0.29) is 29.3 Å². The smallest absolute Gasteiger partial charge is 0.243 e. The highest BCUT2D eigenvalue weighted by atomic mass is 32.2. The molecular weight excluding hydrogens is 326 g/mol. The summed E-state index contributed by atoms with van der Waals surface area (Å²) in [5.41, 5.74) is 5.96. The third-order valence-corrected chi connectivity index (χ3v) is 6.57. The third kappa shape index (κ3) is 4.34. The molecule has 0 spiro atoms. The zero-order valence-electron chi connectivity index (χ0n) is 14.4. The van der Waals surface area contributed by atoms with Crippen molar-refractivity contribution in [2.45, 2.75) is 50.0 Å². The summed E-state index contributed by atoms with van der Waals surface area (Å²) < 4.78 is 27.2. The van der Waals surface area contributed by atoms with Crippen molar-refractivity contribution in [2.75, 3.05) is 18.9 Å². The average molecular weight is 353 g/mol. The summed E-state index contributed by atoms with van der Waals surface area (Å²) in [6.45, 7) is 1.97. The molecule has 1 unspecified atom stereocenters. The van der Waals surface area contributed by atoms with Gasteiger partial charge < -0.3 is 11.1 Å². The Labute approximate surface area is 144 Å². The molecule has 1 aromatic rings. The Morgan fingerprint density at radius 3 is 2.62 bits per heavy atom. The molecule has 1 aliphatic carbocycles. The lowest BCUT2D eigenvalue weighted by atomic mass is 9.96. The van der Waals surface area contributed by atoms with E-state index in [4.69, 9.17) is 5.73 Å². The van der Waals surface area contributed by atoms with Crippen molar-refractivity contribution in [2.24, 2.45) is 11.7 Å². The number of hydrogen-bond donors (Lipinski definition) is 2. The highest BCUT2D eigenvalue weighted by Crippen LogP contribution is 2.27. The first-order chi connectivity index (χ1) is 11.4. The zero-order chi connectivity index (χ0) is 17.7. The van der Waals surface area contributed by atoms with Crippen LogP contribution in [0.2, 0.25) is 0 Å². The van der Waals surface area contributed by atoms with E-state index in [1.807, 2.05) is 0 Å². The molecule has 0 radical (unpaired) electrons. The molecule has 1 amide bonds. The van der Waals surface area contributed by atoms with Crippen LogP contribution in [0.5, 0.6) is 0 Å². The van der Waals surface area contributed by atoms with Gasteiger partial charge in [0.15, 0.2) is 0 Å². The molecule has 1 fully saturated rings. The van der Waals surface area contributed by atoms with Gasteiger partial charge in [-0.25, -0.2) is 8.42 Å². The van der Waals surface area contributed by atoms with Gasteiger partial charge in [-0.3, -0.25) is 4.79 Å². The molecule has 0 saturated heterocycles. The van der Waals surface area contributed by atoms with E-state index in [1.54, 1.807) is 32.2 Å². The minimum atomic E-state index is -3.57. The Hall–Kier alpha value is -1.44. The van der Waals surface area contributed by atoms with Crippen LogP contribution in [0.4, 0.5) is 5.69 Å². The zero-order valence-corrected chi connectivity index (χ0v) is 15.2. The standard InChI is InChI=1S/C17H27N3O3S/c1-13(12-18)17(21)19-14-7-6-10-16(11-14)24(22,23)20(2)15-8-4-3-5-9-15/h6-7,10-11,13,15H,3-5,8-9,12,18H2,1-2H3,(H,19,21). The monoisotopic (exact) mass is 353 g/mol. The number of nitrogens with two attached hydrogens (primary N) is 1. The quantitative estimate of drug-likeness (QED) is 0.820. The van der Waals surface area contributed by atoms with Crippen molar-refractivity contribution in [1.82, 2.24) is 4.31 Å². The molecule has 2 rings (SSSR count). The van der Waals surface area contributed by atoms with E-state index in [2.05, 4.69) is 5.32 Å². The lowest BCUT2D eigenvalue weighted by molar-refractivity contribution is -0.119. The molecule has 1 aliphatic rings. The first-order valence-corrected chi connectivity index (χ1v) is 9.89. The van der Waals surface area contributed by atoms with Gasteiger partial charge in [-0.15, -0.1) is 0 Å². The van der Waals surface area contributed by atoms with Crippen LogP contribution >= 0.6 is 0 Å². The van der Waals surface area contributed by atoms with E-state index < -0.39 is 10.0 Å². The van der Waals surface area contributed by atoms with Crippen LogP contribution in [-0.2, 0) is 14.8 Å². The first-order valence-electron chi connectivity index (χ1n) is 8.45. The van der Waals surface area contributed by atoms with E-state index in [0.717, 1.165) is 25.7 Å². The van der Waals surface area contributed by atoms with Crippen LogP contribution < -0.4 is 11.1 Å². The topological polar surface area (TPSA) is 92.5 Å². The van der Waals surface area contributed by atoms with Gasteiger partial charge >= 0.3 is 0 Å². The molecule has 3 N–H and O–H groups in total. The number of rotatable bonds is 6. The van der Waals surface area contributed by atoms with Crippen LogP contribution in [0.1, 0.15) is 39.0 Å². The van der Waals surface area contributed by atoms with Crippen LogP contribution in [0, 0.1) is 5.92 Å². The van der Waals surface area contributed by atoms with Crippen molar-refractivity contribution in [3.63, 3.8) is 0 Å². The molecule has 7 heteroatoms. The minimum absolute atomic E-state index is 0.0549. The van der Waals surface area contributed by atoms with E-state index in [0.29, 0.717) is 5.69 Å². The number of hydrogen-bond acceptors (Lipinski definition) is 4. The summed E-state index contributed by atoms with van der Waals surface area (Å²) in [4.78, 5) is 12.1. The van der Waals surface area contributed by atoms with E-state index >= 15 is 0 Å². The number of nitrogens with zero attached hydrogens (tertiary/aromatic N) is 1.